The van der Waals surface area contributed by atoms with Crippen molar-refractivity contribution < 1.29 is 19.1 Å². The monoisotopic (exact) mass is 313 g/mol. The second-order valence-corrected chi connectivity index (χ2v) is 5.71. The van der Waals surface area contributed by atoms with Crippen molar-refractivity contribution in [3.63, 3.8) is 0 Å². The van der Waals surface area contributed by atoms with Gasteiger partial charge in [0, 0.05) is 6.54 Å². The minimum absolute atomic E-state index is 0.108. The lowest BCUT2D eigenvalue weighted by atomic mass is 9.79. The number of aliphatic carboxylic acids is 1. The minimum Gasteiger partial charge on any atom is -0.481 e. The van der Waals surface area contributed by atoms with Gasteiger partial charge in [-0.15, -0.1) is 0 Å². The maximum Gasteiger partial charge on any atom is 0.306 e. The van der Waals surface area contributed by atoms with E-state index in [1.807, 2.05) is 0 Å². The van der Waals surface area contributed by atoms with E-state index in [0.29, 0.717) is 6.42 Å². The summed E-state index contributed by atoms with van der Waals surface area (Å²) < 4.78 is 13.7. The van der Waals surface area contributed by atoms with Crippen LogP contribution in [0.5, 0.6) is 0 Å². The minimum atomic E-state index is -0.831. The molecule has 0 aliphatic heterocycles. The van der Waals surface area contributed by atoms with Crippen LogP contribution in [0.1, 0.15) is 36.0 Å². The first-order chi connectivity index (χ1) is 10.0. The molecule has 1 fully saturated rings. The van der Waals surface area contributed by atoms with Gasteiger partial charge in [0.2, 0.25) is 0 Å². The molecule has 1 aliphatic rings. The van der Waals surface area contributed by atoms with E-state index >= 15 is 0 Å². The summed E-state index contributed by atoms with van der Waals surface area (Å²) in [6.45, 7) is 0.238. The molecule has 0 bridgehead atoms. The molecule has 21 heavy (non-hydrogen) atoms. The Morgan fingerprint density at radius 3 is 2.76 bits per heavy atom. The van der Waals surface area contributed by atoms with Crippen LogP contribution in [0.3, 0.4) is 0 Å². The molecular weight excluding hydrogens is 297 g/mol. The highest BCUT2D eigenvalue weighted by Crippen LogP contribution is 2.29. The fourth-order valence-corrected chi connectivity index (χ4v) is 2.95. The number of hydrogen-bond donors (Lipinski definition) is 2. The molecule has 1 aromatic rings. The molecular formula is C15H17ClFNO3. The molecule has 1 aliphatic carbocycles. The summed E-state index contributed by atoms with van der Waals surface area (Å²) in [6.07, 6.45) is 3.23. The van der Waals surface area contributed by atoms with E-state index in [-0.39, 0.29) is 23.0 Å². The van der Waals surface area contributed by atoms with Crippen LogP contribution in [-0.4, -0.2) is 23.5 Å². The largest absolute Gasteiger partial charge is 0.481 e. The number of halogens is 2. The third-order valence-corrected chi connectivity index (χ3v) is 4.24. The SMILES string of the molecule is O=C(NCC1CCCCC1C(=O)O)c1cccc(Cl)c1F. The van der Waals surface area contributed by atoms with Crippen LogP contribution in [0.2, 0.25) is 5.02 Å². The van der Waals surface area contributed by atoms with E-state index < -0.39 is 23.6 Å². The summed E-state index contributed by atoms with van der Waals surface area (Å²) in [5, 5.41) is 11.7. The Labute approximate surface area is 127 Å². The zero-order chi connectivity index (χ0) is 15.4. The van der Waals surface area contributed by atoms with E-state index in [4.69, 9.17) is 11.6 Å². The molecule has 1 amide bonds. The van der Waals surface area contributed by atoms with Gasteiger partial charge in [0.1, 0.15) is 0 Å². The number of amides is 1. The van der Waals surface area contributed by atoms with Gasteiger partial charge in [-0.1, -0.05) is 30.5 Å². The molecule has 0 saturated heterocycles. The van der Waals surface area contributed by atoms with E-state index in [0.717, 1.165) is 19.3 Å². The first-order valence-electron chi connectivity index (χ1n) is 6.95. The van der Waals surface area contributed by atoms with Crippen molar-refractivity contribution in [3.05, 3.63) is 34.6 Å². The molecule has 0 aromatic heterocycles. The van der Waals surface area contributed by atoms with Crippen LogP contribution in [0.25, 0.3) is 0 Å². The summed E-state index contributed by atoms with van der Waals surface area (Å²) in [5.41, 5.74) is -0.120. The summed E-state index contributed by atoms with van der Waals surface area (Å²) in [5.74, 6) is -2.70. The lowest BCUT2D eigenvalue weighted by molar-refractivity contribution is -0.144. The van der Waals surface area contributed by atoms with E-state index in [2.05, 4.69) is 5.32 Å². The molecule has 0 heterocycles. The number of carboxylic acids is 1. The predicted molar refractivity (Wildman–Crippen MR) is 76.8 cm³/mol. The molecule has 114 valence electrons. The van der Waals surface area contributed by atoms with Crippen LogP contribution in [0, 0.1) is 17.7 Å². The number of carbonyl (C=O) groups excluding carboxylic acids is 1. The van der Waals surface area contributed by atoms with E-state index in [1.54, 1.807) is 0 Å². The second-order valence-electron chi connectivity index (χ2n) is 5.30. The first-order valence-corrected chi connectivity index (χ1v) is 7.33. The van der Waals surface area contributed by atoms with Crippen LogP contribution in [0.15, 0.2) is 18.2 Å². The topological polar surface area (TPSA) is 66.4 Å². The molecule has 0 spiro atoms. The van der Waals surface area contributed by atoms with Gasteiger partial charge in [0.15, 0.2) is 5.82 Å². The molecule has 2 rings (SSSR count). The number of benzene rings is 1. The number of hydrogen-bond acceptors (Lipinski definition) is 2. The Kier molecular flexibility index (Phi) is 5.17. The lowest BCUT2D eigenvalue weighted by Gasteiger charge is -2.28. The molecule has 4 nitrogen and oxygen atoms in total. The molecule has 1 aromatic carbocycles. The van der Waals surface area contributed by atoms with Gasteiger partial charge < -0.3 is 10.4 Å². The van der Waals surface area contributed by atoms with Gasteiger partial charge in [0.25, 0.3) is 5.91 Å². The molecule has 2 unspecified atom stereocenters. The van der Waals surface area contributed by atoms with Crippen molar-refractivity contribution >= 4 is 23.5 Å². The van der Waals surface area contributed by atoms with Gasteiger partial charge in [-0.3, -0.25) is 9.59 Å². The van der Waals surface area contributed by atoms with Gasteiger partial charge in [-0.05, 0) is 30.9 Å². The number of carboxylic acid groups (broad SMARTS) is 1. The Balaban J connectivity index is 2.00. The van der Waals surface area contributed by atoms with Crippen LogP contribution >= 0.6 is 11.6 Å². The average Bonchev–Trinajstić information content (AvgIpc) is 2.47. The molecule has 0 radical (unpaired) electrons. The standard InChI is InChI=1S/C15H17ClFNO3/c16-12-7-3-6-11(13(12)17)14(19)18-8-9-4-1-2-5-10(9)15(20)21/h3,6-7,9-10H,1-2,4-5,8H2,(H,18,19)(H,20,21). The summed E-state index contributed by atoms with van der Waals surface area (Å²) in [6, 6.07) is 4.22. The van der Waals surface area contributed by atoms with Gasteiger partial charge >= 0.3 is 5.97 Å². The third kappa shape index (κ3) is 3.73. The van der Waals surface area contributed by atoms with E-state index in [1.165, 1.54) is 18.2 Å². The summed E-state index contributed by atoms with van der Waals surface area (Å²) in [7, 11) is 0. The number of nitrogens with one attached hydrogen (secondary N) is 1. The molecule has 6 heteroatoms. The third-order valence-electron chi connectivity index (χ3n) is 3.95. The van der Waals surface area contributed by atoms with Crippen molar-refractivity contribution in [2.75, 3.05) is 6.54 Å². The van der Waals surface area contributed by atoms with Gasteiger partial charge in [0.05, 0.1) is 16.5 Å². The summed E-state index contributed by atoms with van der Waals surface area (Å²) >= 11 is 5.64. The van der Waals surface area contributed by atoms with Gasteiger partial charge in [-0.25, -0.2) is 4.39 Å². The molecule has 1 saturated carbocycles. The van der Waals surface area contributed by atoms with Crippen LogP contribution in [-0.2, 0) is 4.79 Å². The first kappa shape index (κ1) is 15.8. The Morgan fingerprint density at radius 2 is 2.05 bits per heavy atom. The van der Waals surface area contributed by atoms with Crippen molar-refractivity contribution in [1.82, 2.24) is 5.32 Å². The number of rotatable bonds is 4. The number of carbonyl (C=O) groups is 2. The zero-order valence-corrected chi connectivity index (χ0v) is 12.2. The maximum atomic E-state index is 13.7. The van der Waals surface area contributed by atoms with E-state index in [9.17, 15) is 19.1 Å². The van der Waals surface area contributed by atoms with Crippen molar-refractivity contribution in [2.24, 2.45) is 11.8 Å². The fraction of sp³-hybridized carbons (Fsp3) is 0.467. The molecule has 2 N–H and O–H groups in total. The molecule has 2 atom stereocenters. The highest BCUT2D eigenvalue weighted by Gasteiger charge is 2.31. The van der Waals surface area contributed by atoms with Crippen molar-refractivity contribution in [3.8, 4) is 0 Å². The average molecular weight is 314 g/mol. The quantitative estimate of drug-likeness (QED) is 0.897. The Bertz CT molecular complexity index is 550. The second kappa shape index (κ2) is 6.89. The highest BCUT2D eigenvalue weighted by atomic mass is 35.5. The Morgan fingerprint density at radius 1 is 1.33 bits per heavy atom. The van der Waals surface area contributed by atoms with Crippen molar-refractivity contribution in [1.29, 1.82) is 0 Å². The zero-order valence-electron chi connectivity index (χ0n) is 11.4. The maximum absolute atomic E-state index is 13.7. The smallest absolute Gasteiger partial charge is 0.306 e. The highest BCUT2D eigenvalue weighted by molar-refractivity contribution is 6.31. The van der Waals surface area contributed by atoms with Gasteiger partial charge in [-0.2, -0.15) is 0 Å². The summed E-state index contributed by atoms with van der Waals surface area (Å²) in [4.78, 5) is 23.2. The van der Waals surface area contributed by atoms with Crippen LogP contribution in [0.4, 0.5) is 4.39 Å². The normalized spacial score (nSPS) is 21.8. The lowest BCUT2D eigenvalue weighted by Crippen LogP contribution is -2.37. The predicted octanol–water partition coefficient (Wildman–Crippen LogP) is 3.10. The van der Waals surface area contributed by atoms with Crippen LogP contribution < -0.4 is 5.32 Å². The van der Waals surface area contributed by atoms with Crippen molar-refractivity contribution in [2.45, 2.75) is 25.7 Å². The Hall–Kier alpha value is -1.62. The fourth-order valence-electron chi connectivity index (χ4n) is 2.78.